The first kappa shape index (κ1) is 21.0. The smallest absolute Gasteiger partial charge is 0.418 e. The highest BCUT2D eigenvalue weighted by Gasteiger charge is 2.34. The van der Waals surface area contributed by atoms with E-state index in [2.05, 4.69) is 10.2 Å². The van der Waals surface area contributed by atoms with Crippen LogP contribution in [0.1, 0.15) is 12.5 Å². The quantitative estimate of drug-likeness (QED) is 0.772. The molecule has 2 aromatic rings. The number of para-hydroxylation sites is 3. The third-order valence-corrected chi connectivity index (χ3v) is 4.89. The lowest BCUT2D eigenvalue weighted by atomic mass is 10.1. The number of hydrogen-bond acceptors (Lipinski definition) is 3. The van der Waals surface area contributed by atoms with Crippen LogP contribution in [0.2, 0.25) is 0 Å². The number of nitrogens with zero attached hydrogens (tertiary/aromatic N) is 1. The van der Waals surface area contributed by atoms with E-state index in [0.717, 1.165) is 48.6 Å². The van der Waals surface area contributed by atoms with E-state index in [0.29, 0.717) is 6.61 Å². The van der Waals surface area contributed by atoms with Gasteiger partial charge in [0.1, 0.15) is 5.75 Å². The van der Waals surface area contributed by atoms with Gasteiger partial charge in [-0.15, -0.1) is 0 Å². The molecule has 0 bridgehead atoms. The maximum Gasteiger partial charge on any atom is 0.418 e. The minimum atomic E-state index is -4.50. The zero-order chi connectivity index (χ0) is 20.9. The highest BCUT2D eigenvalue weighted by atomic mass is 19.4. The lowest BCUT2D eigenvalue weighted by Crippen LogP contribution is -3.15. The van der Waals surface area contributed by atoms with Crippen LogP contribution in [0.25, 0.3) is 0 Å². The van der Waals surface area contributed by atoms with Crippen molar-refractivity contribution in [3.05, 3.63) is 54.1 Å². The first-order valence-corrected chi connectivity index (χ1v) is 9.65. The molecule has 1 fully saturated rings. The van der Waals surface area contributed by atoms with Crippen molar-refractivity contribution < 1.29 is 27.6 Å². The monoisotopic (exact) mass is 408 g/mol. The Kier molecular flexibility index (Phi) is 6.64. The number of quaternary nitrogens is 1. The van der Waals surface area contributed by atoms with Gasteiger partial charge in [0.2, 0.25) is 0 Å². The summed E-state index contributed by atoms with van der Waals surface area (Å²) in [6.45, 7) is 5.57. The number of hydrogen-bond donors (Lipinski definition) is 2. The van der Waals surface area contributed by atoms with Crippen molar-refractivity contribution in [1.82, 2.24) is 0 Å². The molecule has 156 valence electrons. The van der Waals surface area contributed by atoms with Gasteiger partial charge in [0.25, 0.3) is 5.91 Å². The molecule has 2 aromatic carbocycles. The van der Waals surface area contributed by atoms with Gasteiger partial charge in [0.15, 0.2) is 6.54 Å². The molecule has 0 radical (unpaired) electrons. The van der Waals surface area contributed by atoms with Gasteiger partial charge in [-0.2, -0.15) is 13.2 Å². The molecule has 0 aromatic heterocycles. The van der Waals surface area contributed by atoms with Crippen molar-refractivity contribution in [1.29, 1.82) is 0 Å². The predicted molar refractivity (Wildman–Crippen MR) is 105 cm³/mol. The molecule has 8 heteroatoms. The second-order valence-corrected chi connectivity index (χ2v) is 6.91. The Balaban J connectivity index is 1.56. The van der Waals surface area contributed by atoms with Crippen molar-refractivity contribution >= 4 is 17.3 Å². The molecule has 0 saturated carbocycles. The lowest BCUT2D eigenvalue weighted by molar-refractivity contribution is -0.892. The molecule has 1 saturated heterocycles. The van der Waals surface area contributed by atoms with E-state index in [9.17, 15) is 18.0 Å². The zero-order valence-electron chi connectivity index (χ0n) is 16.3. The minimum absolute atomic E-state index is 0.132. The van der Waals surface area contributed by atoms with E-state index in [1.165, 1.54) is 18.2 Å². The number of carbonyl (C=O) groups excluding carboxylic acids is 1. The van der Waals surface area contributed by atoms with Gasteiger partial charge >= 0.3 is 6.18 Å². The van der Waals surface area contributed by atoms with Gasteiger partial charge in [-0.1, -0.05) is 24.3 Å². The average molecular weight is 408 g/mol. The van der Waals surface area contributed by atoms with Gasteiger partial charge in [0.05, 0.1) is 49.7 Å². The van der Waals surface area contributed by atoms with Gasteiger partial charge in [0, 0.05) is 0 Å². The SMILES string of the molecule is CCOc1ccccc1N1CC[NH+](CC(=O)Nc2ccccc2C(F)(F)F)CC1. The van der Waals surface area contributed by atoms with Crippen LogP contribution in [0.4, 0.5) is 24.5 Å². The molecule has 0 spiro atoms. The molecule has 1 aliphatic heterocycles. The Morgan fingerprint density at radius 1 is 1.10 bits per heavy atom. The van der Waals surface area contributed by atoms with Gasteiger partial charge in [-0.3, -0.25) is 4.79 Å². The van der Waals surface area contributed by atoms with Crippen LogP contribution in [0, 0.1) is 0 Å². The first-order chi connectivity index (χ1) is 13.9. The number of ether oxygens (including phenoxy) is 1. The summed E-state index contributed by atoms with van der Waals surface area (Å²) in [7, 11) is 0. The highest BCUT2D eigenvalue weighted by molar-refractivity contribution is 5.92. The van der Waals surface area contributed by atoms with Crippen molar-refractivity contribution in [3.8, 4) is 5.75 Å². The first-order valence-electron chi connectivity index (χ1n) is 9.65. The zero-order valence-corrected chi connectivity index (χ0v) is 16.3. The fraction of sp³-hybridized carbons (Fsp3) is 0.381. The number of piperazine rings is 1. The summed E-state index contributed by atoms with van der Waals surface area (Å²) in [5, 5.41) is 2.42. The molecular formula is C21H25F3N3O2+. The number of anilines is 2. The second-order valence-electron chi connectivity index (χ2n) is 6.91. The van der Waals surface area contributed by atoms with Crippen molar-refractivity contribution in [2.45, 2.75) is 13.1 Å². The van der Waals surface area contributed by atoms with E-state index >= 15 is 0 Å². The summed E-state index contributed by atoms with van der Waals surface area (Å²) in [4.78, 5) is 15.6. The fourth-order valence-electron chi connectivity index (χ4n) is 3.50. The topological polar surface area (TPSA) is 46.0 Å². The largest absolute Gasteiger partial charge is 0.492 e. The summed E-state index contributed by atoms with van der Waals surface area (Å²) in [6.07, 6.45) is -4.50. The Bertz CT molecular complexity index is 834. The molecule has 5 nitrogen and oxygen atoms in total. The molecular weight excluding hydrogens is 383 g/mol. The van der Waals surface area contributed by atoms with Gasteiger partial charge in [-0.05, 0) is 31.2 Å². The van der Waals surface area contributed by atoms with E-state index < -0.39 is 17.6 Å². The Hall–Kier alpha value is -2.74. The van der Waals surface area contributed by atoms with E-state index in [-0.39, 0.29) is 12.2 Å². The molecule has 0 unspecified atom stereocenters. The van der Waals surface area contributed by atoms with Crippen LogP contribution < -0.4 is 19.9 Å². The number of benzene rings is 2. The van der Waals surface area contributed by atoms with Crippen LogP contribution in [0.5, 0.6) is 5.75 Å². The summed E-state index contributed by atoms with van der Waals surface area (Å²) in [6, 6.07) is 12.9. The van der Waals surface area contributed by atoms with Crippen molar-refractivity contribution in [2.24, 2.45) is 0 Å². The molecule has 0 aliphatic carbocycles. The highest BCUT2D eigenvalue weighted by Crippen LogP contribution is 2.34. The molecule has 1 amide bonds. The number of halogens is 3. The fourth-order valence-corrected chi connectivity index (χ4v) is 3.50. The third kappa shape index (κ3) is 5.41. The Morgan fingerprint density at radius 3 is 2.45 bits per heavy atom. The molecule has 1 aliphatic rings. The van der Waals surface area contributed by atoms with Crippen LogP contribution in [-0.4, -0.2) is 45.2 Å². The molecule has 1 heterocycles. The Labute approximate surface area is 168 Å². The maximum atomic E-state index is 13.1. The molecule has 2 N–H and O–H groups in total. The van der Waals surface area contributed by atoms with Crippen LogP contribution in [0.3, 0.4) is 0 Å². The van der Waals surface area contributed by atoms with E-state index in [4.69, 9.17) is 4.74 Å². The average Bonchev–Trinajstić information content (AvgIpc) is 2.69. The van der Waals surface area contributed by atoms with E-state index in [1.54, 1.807) is 0 Å². The summed E-state index contributed by atoms with van der Waals surface area (Å²) < 4.78 is 44.9. The third-order valence-electron chi connectivity index (χ3n) is 4.89. The van der Waals surface area contributed by atoms with E-state index in [1.807, 2.05) is 31.2 Å². The number of amides is 1. The van der Waals surface area contributed by atoms with Crippen LogP contribution in [0.15, 0.2) is 48.5 Å². The predicted octanol–water partition coefficient (Wildman–Crippen LogP) is 2.45. The maximum absolute atomic E-state index is 13.1. The molecule has 3 rings (SSSR count). The van der Waals surface area contributed by atoms with Crippen LogP contribution in [-0.2, 0) is 11.0 Å². The Morgan fingerprint density at radius 2 is 1.76 bits per heavy atom. The summed E-state index contributed by atoms with van der Waals surface area (Å²) >= 11 is 0. The number of alkyl halides is 3. The standard InChI is InChI=1S/C21H24F3N3O2/c1-2-29-19-10-6-5-9-18(19)27-13-11-26(12-14-27)15-20(28)25-17-8-4-3-7-16(17)21(22,23)24/h3-10H,2,11-15H2,1H3,(H,25,28)/p+1. The van der Waals surface area contributed by atoms with Gasteiger partial charge < -0.3 is 19.9 Å². The van der Waals surface area contributed by atoms with Crippen molar-refractivity contribution in [2.75, 3.05) is 49.5 Å². The summed E-state index contributed by atoms with van der Waals surface area (Å²) in [5.74, 6) is 0.416. The van der Waals surface area contributed by atoms with Crippen molar-refractivity contribution in [3.63, 3.8) is 0 Å². The summed E-state index contributed by atoms with van der Waals surface area (Å²) in [5.41, 5.74) is -0.00802. The molecule has 0 atom stereocenters. The molecule has 29 heavy (non-hydrogen) atoms. The lowest BCUT2D eigenvalue weighted by Gasteiger charge is -2.34. The van der Waals surface area contributed by atoms with Crippen LogP contribution >= 0.6 is 0 Å². The minimum Gasteiger partial charge on any atom is -0.492 e. The number of carbonyl (C=O) groups is 1. The second kappa shape index (κ2) is 9.17. The normalized spacial score (nSPS) is 15.2. The number of rotatable bonds is 6. The van der Waals surface area contributed by atoms with Gasteiger partial charge in [-0.25, -0.2) is 0 Å². The number of nitrogens with one attached hydrogen (secondary N) is 2.